The van der Waals surface area contributed by atoms with E-state index in [0.717, 1.165) is 54.5 Å². The molecule has 6 nitrogen and oxygen atoms in total. The molecule has 0 spiro atoms. The lowest BCUT2D eigenvalue weighted by Crippen LogP contribution is -2.33. The Bertz CT molecular complexity index is 939. The minimum Gasteiger partial charge on any atom is -0.497 e. The highest BCUT2D eigenvalue weighted by molar-refractivity contribution is 7.92. The van der Waals surface area contributed by atoms with Crippen LogP contribution in [-0.2, 0) is 22.9 Å². The van der Waals surface area contributed by atoms with Crippen molar-refractivity contribution in [1.29, 1.82) is 0 Å². The van der Waals surface area contributed by atoms with E-state index in [1.165, 1.54) is 0 Å². The molecule has 0 aliphatic heterocycles. The van der Waals surface area contributed by atoms with Crippen LogP contribution in [0, 0.1) is 5.92 Å². The predicted octanol–water partition coefficient (Wildman–Crippen LogP) is 2.64. The Morgan fingerprint density at radius 3 is 2.57 bits per heavy atom. The number of methoxy groups -OCH3 is 1. The van der Waals surface area contributed by atoms with Crippen molar-refractivity contribution in [3.63, 3.8) is 0 Å². The summed E-state index contributed by atoms with van der Waals surface area (Å²) in [6, 6.07) is 13.0. The normalized spacial score (nSPS) is 16.5. The van der Waals surface area contributed by atoms with Crippen LogP contribution in [0.15, 0.2) is 42.5 Å². The number of carbonyl (C=O) groups is 1. The molecule has 3 rings (SSSR count). The van der Waals surface area contributed by atoms with Gasteiger partial charge >= 0.3 is 0 Å². The SMILES string of the molecule is COc1ccc2c(c1)CC[C@@H](CNCCc1ccc(NS(C)(=O)=O)cc1)C2=O. The number of aryl methyl sites for hydroxylation is 1. The van der Waals surface area contributed by atoms with Crippen LogP contribution in [0.1, 0.15) is 27.9 Å². The minimum absolute atomic E-state index is 0.00207. The van der Waals surface area contributed by atoms with E-state index in [4.69, 9.17) is 4.74 Å². The molecule has 0 saturated carbocycles. The van der Waals surface area contributed by atoms with Crippen molar-refractivity contribution in [3.05, 3.63) is 59.2 Å². The van der Waals surface area contributed by atoms with Gasteiger partial charge in [0.2, 0.25) is 10.0 Å². The molecular weight excluding hydrogens is 376 g/mol. The minimum atomic E-state index is -3.26. The average Bonchev–Trinajstić information content (AvgIpc) is 2.66. The van der Waals surface area contributed by atoms with Crippen LogP contribution in [0.2, 0.25) is 0 Å². The second-order valence-electron chi connectivity index (χ2n) is 7.15. The number of carbonyl (C=O) groups excluding carboxylic acids is 1. The van der Waals surface area contributed by atoms with E-state index in [0.29, 0.717) is 12.2 Å². The standard InChI is InChI=1S/C21H26N2O4S/c1-27-19-9-10-20-16(13-19)5-6-17(21(20)24)14-22-12-11-15-3-7-18(8-4-15)23-28(2,25)26/h3-4,7-10,13,17,22-23H,5-6,11-12,14H2,1-2H3/t17-/m0/s1. The number of anilines is 1. The molecule has 2 aromatic carbocycles. The van der Waals surface area contributed by atoms with Gasteiger partial charge < -0.3 is 10.1 Å². The third kappa shape index (κ3) is 5.33. The molecule has 1 atom stereocenters. The number of fused-ring (bicyclic) bond motifs is 1. The van der Waals surface area contributed by atoms with Gasteiger partial charge in [0, 0.05) is 23.7 Å². The number of hydrogen-bond acceptors (Lipinski definition) is 5. The maximum absolute atomic E-state index is 12.7. The summed E-state index contributed by atoms with van der Waals surface area (Å²) in [4.78, 5) is 12.7. The van der Waals surface area contributed by atoms with Crippen LogP contribution in [0.25, 0.3) is 0 Å². The van der Waals surface area contributed by atoms with E-state index in [1.54, 1.807) is 19.2 Å². The third-order valence-electron chi connectivity index (χ3n) is 4.95. The summed E-state index contributed by atoms with van der Waals surface area (Å²) in [6.45, 7) is 1.43. The fourth-order valence-electron chi connectivity index (χ4n) is 3.48. The number of rotatable bonds is 8. The van der Waals surface area contributed by atoms with Crippen LogP contribution >= 0.6 is 0 Å². The Kier molecular flexibility index (Phi) is 6.36. The molecule has 0 saturated heterocycles. The van der Waals surface area contributed by atoms with Crippen LogP contribution in [0.3, 0.4) is 0 Å². The van der Waals surface area contributed by atoms with E-state index in [-0.39, 0.29) is 11.7 Å². The molecule has 0 radical (unpaired) electrons. The Morgan fingerprint density at radius 2 is 1.89 bits per heavy atom. The van der Waals surface area contributed by atoms with Crippen molar-refractivity contribution in [2.45, 2.75) is 19.3 Å². The zero-order valence-corrected chi connectivity index (χ0v) is 17.0. The molecular formula is C21H26N2O4S. The molecule has 1 aliphatic carbocycles. The maximum Gasteiger partial charge on any atom is 0.229 e. The number of Topliss-reactive ketones (excluding diaryl/α,β-unsaturated/α-hetero) is 1. The van der Waals surface area contributed by atoms with Crippen LogP contribution < -0.4 is 14.8 Å². The van der Waals surface area contributed by atoms with Crippen LogP contribution in [-0.4, -0.2) is 40.7 Å². The predicted molar refractivity (Wildman–Crippen MR) is 111 cm³/mol. The number of sulfonamides is 1. The largest absolute Gasteiger partial charge is 0.497 e. The number of benzene rings is 2. The van der Waals surface area contributed by atoms with Gasteiger partial charge in [0.05, 0.1) is 13.4 Å². The highest BCUT2D eigenvalue weighted by Crippen LogP contribution is 2.28. The number of ketones is 1. The first-order chi connectivity index (χ1) is 13.4. The van der Waals surface area contributed by atoms with Gasteiger partial charge in [-0.2, -0.15) is 0 Å². The van der Waals surface area contributed by atoms with Crippen molar-refractivity contribution >= 4 is 21.5 Å². The molecule has 0 amide bonds. The van der Waals surface area contributed by atoms with Gasteiger partial charge in [-0.1, -0.05) is 12.1 Å². The Morgan fingerprint density at radius 1 is 1.14 bits per heavy atom. The van der Waals surface area contributed by atoms with Crippen LogP contribution in [0.5, 0.6) is 5.75 Å². The van der Waals surface area contributed by atoms with Gasteiger partial charge in [0.25, 0.3) is 0 Å². The highest BCUT2D eigenvalue weighted by Gasteiger charge is 2.27. The lowest BCUT2D eigenvalue weighted by Gasteiger charge is -2.24. The molecule has 150 valence electrons. The summed E-state index contributed by atoms with van der Waals surface area (Å²) in [5.41, 5.74) is 3.55. The van der Waals surface area contributed by atoms with Gasteiger partial charge in [-0.15, -0.1) is 0 Å². The fraction of sp³-hybridized carbons (Fsp3) is 0.381. The quantitative estimate of drug-likeness (QED) is 0.663. The van der Waals surface area contributed by atoms with Crippen LogP contribution in [0.4, 0.5) is 5.69 Å². The molecule has 0 bridgehead atoms. The monoisotopic (exact) mass is 402 g/mol. The molecule has 0 aromatic heterocycles. The van der Waals surface area contributed by atoms with Crippen molar-refractivity contribution < 1.29 is 17.9 Å². The summed E-state index contributed by atoms with van der Waals surface area (Å²) in [6.07, 6.45) is 3.68. The number of ether oxygens (including phenoxy) is 1. The zero-order chi connectivity index (χ0) is 20.1. The van der Waals surface area contributed by atoms with E-state index in [2.05, 4.69) is 10.0 Å². The lowest BCUT2D eigenvalue weighted by molar-refractivity contribution is 0.0901. The Balaban J connectivity index is 1.47. The summed E-state index contributed by atoms with van der Waals surface area (Å²) in [7, 11) is -1.62. The topological polar surface area (TPSA) is 84.5 Å². The summed E-state index contributed by atoms with van der Waals surface area (Å²) >= 11 is 0. The third-order valence-corrected chi connectivity index (χ3v) is 5.56. The average molecular weight is 403 g/mol. The molecule has 28 heavy (non-hydrogen) atoms. The van der Waals surface area contributed by atoms with Gasteiger partial charge in [-0.3, -0.25) is 9.52 Å². The summed E-state index contributed by atoms with van der Waals surface area (Å²) < 4.78 is 30.1. The summed E-state index contributed by atoms with van der Waals surface area (Å²) in [5.74, 6) is 0.996. The van der Waals surface area contributed by atoms with E-state index < -0.39 is 10.0 Å². The van der Waals surface area contributed by atoms with Gasteiger partial charge in [-0.05, 0) is 67.3 Å². The van der Waals surface area contributed by atoms with Crippen molar-refractivity contribution in [1.82, 2.24) is 5.32 Å². The van der Waals surface area contributed by atoms with Gasteiger partial charge in [0.15, 0.2) is 5.78 Å². The van der Waals surface area contributed by atoms with Crippen molar-refractivity contribution in [3.8, 4) is 5.75 Å². The highest BCUT2D eigenvalue weighted by atomic mass is 32.2. The molecule has 1 aliphatic rings. The zero-order valence-electron chi connectivity index (χ0n) is 16.2. The molecule has 2 N–H and O–H groups in total. The first-order valence-corrected chi connectivity index (χ1v) is 11.2. The smallest absolute Gasteiger partial charge is 0.229 e. The number of hydrogen-bond donors (Lipinski definition) is 2. The Labute approximate surface area is 166 Å². The molecule has 0 heterocycles. The molecule has 0 fully saturated rings. The molecule has 0 unspecified atom stereocenters. The van der Waals surface area contributed by atoms with E-state index in [9.17, 15) is 13.2 Å². The first kappa shape index (κ1) is 20.4. The molecule has 7 heteroatoms. The van der Waals surface area contributed by atoms with E-state index in [1.807, 2.05) is 30.3 Å². The van der Waals surface area contributed by atoms with Gasteiger partial charge in [0.1, 0.15) is 5.75 Å². The molecule has 2 aromatic rings. The van der Waals surface area contributed by atoms with Crippen molar-refractivity contribution in [2.24, 2.45) is 5.92 Å². The maximum atomic E-state index is 12.7. The van der Waals surface area contributed by atoms with Crippen molar-refractivity contribution in [2.75, 3.05) is 31.2 Å². The Hall–Kier alpha value is -2.38. The second kappa shape index (κ2) is 8.75. The fourth-order valence-corrected chi connectivity index (χ4v) is 4.05. The van der Waals surface area contributed by atoms with E-state index >= 15 is 0 Å². The first-order valence-electron chi connectivity index (χ1n) is 9.34. The van der Waals surface area contributed by atoms with Gasteiger partial charge in [-0.25, -0.2) is 8.42 Å². The second-order valence-corrected chi connectivity index (χ2v) is 8.90. The number of nitrogens with one attached hydrogen (secondary N) is 2. The lowest BCUT2D eigenvalue weighted by atomic mass is 9.82. The summed E-state index contributed by atoms with van der Waals surface area (Å²) in [5, 5.41) is 3.38.